The quantitative estimate of drug-likeness (QED) is 0.778. The summed E-state index contributed by atoms with van der Waals surface area (Å²) in [7, 11) is 0. The van der Waals surface area contributed by atoms with Crippen LogP contribution in [0.4, 0.5) is 4.39 Å². The minimum atomic E-state index is -0.325. The summed E-state index contributed by atoms with van der Waals surface area (Å²) in [5, 5.41) is 8.93. The zero-order valence-corrected chi connectivity index (χ0v) is 8.55. The molecule has 1 unspecified atom stereocenters. The van der Waals surface area contributed by atoms with Crippen LogP contribution in [0.25, 0.3) is 0 Å². The molecule has 0 aromatic heterocycles. The highest BCUT2D eigenvalue weighted by molar-refractivity contribution is 5.33. The third-order valence-corrected chi connectivity index (χ3v) is 2.46. The molecule has 1 rings (SSSR count). The SMILES string of the molecule is CCC(N)c1cc(C)c(CO)cc1F. The molecular weight excluding hydrogens is 181 g/mol. The van der Waals surface area contributed by atoms with E-state index in [-0.39, 0.29) is 18.5 Å². The molecule has 0 amide bonds. The molecule has 0 aliphatic rings. The number of benzene rings is 1. The standard InChI is InChI=1S/C11H16FNO/c1-3-11(13)9-4-7(2)8(6-14)5-10(9)12/h4-5,11,14H,3,6,13H2,1-2H3. The molecular formula is C11H16FNO. The van der Waals surface area contributed by atoms with Gasteiger partial charge in [-0.15, -0.1) is 0 Å². The van der Waals surface area contributed by atoms with Crippen LogP contribution in [-0.2, 0) is 6.61 Å². The third-order valence-electron chi connectivity index (χ3n) is 2.46. The van der Waals surface area contributed by atoms with Crippen LogP contribution in [0.3, 0.4) is 0 Å². The van der Waals surface area contributed by atoms with E-state index in [1.54, 1.807) is 6.07 Å². The van der Waals surface area contributed by atoms with Crippen LogP contribution in [0.5, 0.6) is 0 Å². The number of hydrogen-bond donors (Lipinski definition) is 2. The number of aliphatic hydroxyl groups is 1. The number of nitrogens with two attached hydrogens (primary N) is 1. The molecule has 0 aliphatic carbocycles. The topological polar surface area (TPSA) is 46.2 Å². The lowest BCUT2D eigenvalue weighted by atomic mass is 9.99. The fourth-order valence-electron chi connectivity index (χ4n) is 1.42. The Hall–Kier alpha value is -0.930. The smallest absolute Gasteiger partial charge is 0.128 e. The van der Waals surface area contributed by atoms with Gasteiger partial charge in [-0.3, -0.25) is 0 Å². The van der Waals surface area contributed by atoms with Crippen molar-refractivity contribution in [1.29, 1.82) is 0 Å². The zero-order valence-electron chi connectivity index (χ0n) is 8.55. The maximum atomic E-state index is 13.5. The minimum absolute atomic E-state index is 0.135. The van der Waals surface area contributed by atoms with E-state index in [9.17, 15) is 4.39 Å². The van der Waals surface area contributed by atoms with Crippen LogP contribution >= 0.6 is 0 Å². The lowest BCUT2D eigenvalue weighted by molar-refractivity contribution is 0.280. The first-order chi connectivity index (χ1) is 6.60. The second-order valence-electron chi connectivity index (χ2n) is 3.47. The van der Waals surface area contributed by atoms with Gasteiger partial charge in [0, 0.05) is 11.6 Å². The monoisotopic (exact) mass is 197 g/mol. The van der Waals surface area contributed by atoms with E-state index in [0.29, 0.717) is 17.5 Å². The third kappa shape index (κ3) is 2.11. The highest BCUT2D eigenvalue weighted by Gasteiger charge is 2.11. The molecule has 0 radical (unpaired) electrons. The van der Waals surface area contributed by atoms with E-state index in [1.807, 2.05) is 13.8 Å². The van der Waals surface area contributed by atoms with Gasteiger partial charge in [-0.05, 0) is 30.5 Å². The minimum Gasteiger partial charge on any atom is -0.392 e. The van der Waals surface area contributed by atoms with Crippen LogP contribution in [-0.4, -0.2) is 5.11 Å². The summed E-state index contributed by atoms with van der Waals surface area (Å²) in [5.41, 5.74) is 7.79. The second kappa shape index (κ2) is 4.53. The summed E-state index contributed by atoms with van der Waals surface area (Å²) in [6.45, 7) is 3.63. The largest absolute Gasteiger partial charge is 0.392 e. The Labute approximate surface area is 83.6 Å². The fraction of sp³-hybridized carbons (Fsp3) is 0.455. The Kier molecular flexibility index (Phi) is 3.61. The van der Waals surface area contributed by atoms with Crippen molar-refractivity contribution in [3.05, 3.63) is 34.6 Å². The van der Waals surface area contributed by atoms with Crippen LogP contribution in [0, 0.1) is 12.7 Å². The number of aryl methyl sites for hydroxylation is 1. The number of halogens is 1. The van der Waals surface area contributed by atoms with Gasteiger partial charge < -0.3 is 10.8 Å². The van der Waals surface area contributed by atoms with E-state index in [2.05, 4.69) is 0 Å². The average molecular weight is 197 g/mol. The second-order valence-corrected chi connectivity index (χ2v) is 3.47. The summed E-state index contributed by atoms with van der Waals surface area (Å²) < 4.78 is 13.5. The maximum Gasteiger partial charge on any atom is 0.128 e. The Morgan fingerprint density at radius 2 is 2.14 bits per heavy atom. The first kappa shape index (κ1) is 11.1. The first-order valence-corrected chi connectivity index (χ1v) is 4.75. The van der Waals surface area contributed by atoms with Gasteiger partial charge >= 0.3 is 0 Å². The molecule has 0 saturated carbocycles. The highest BCUT2D eigenvalue weighted by Crippen LogP contribution is 2.21. The Morgan fingerprint density at radius 1 is 1.50 bits per heavy atom. The molecule has 0 heterocycles. The van der Waals surface area contributed by atoms with Crippen molar-refractivity contribution in [2.24, 2.45) is 5.73 Å². The first-order valence-electron chi connectivity index (χ1n) is 4.75. The van der Waals surface area contributed by atoms with Crippen LogP contribution in [0.15, 0.2) is 12.1 Å². The van der Waals surface area contributed by atoms with Crippen molar-refractivity contribution in [1.82, 2.24) is 0 Å². The Balaban J connectivity index is 3.14. The maximum absolute atomic E-state index is 13.5. The van der Waals surface area contributed by atoms with E-state index in [4.69, 9.17) is 10.8 Å². The van der Waals surface area contributed by atoms with Crippen molar-refractivity contribution in [3.8, 4) is 0 Å². The fourth-order valence-corrected chi connectivity index (χ4v) is 1.42. The number of rotatable bonds is 3. The lowest BCUT2D eigenvalue weighted by Gasteiger charge is -2.13. The van der Waals surface area contributed by atoms with Gasteiger partial charge in [-0.2, -0.15) is 0 Å². The van der Waals surface area contributed by atoms with E-state index in [0.717, 1.165) is 5.56 Å². The van der Waals surface area contributed by atoms with Gasteiger partial charge in [0.15, 0.2) is 0 Å². The predicted octanol–water partition coefficient (Wildman–Crippen LogP) is 2.04. The lowest BCUT2D eigenvalue weighted by Crippen LogP contribution is -2.11. The van der Waals surface area contributed by atoms with Crippen LogP contribution in [0.2, 0.25) is 0 Å². The van der Waals surface area contributed by atoms with E-state index < -0.39 is 0 Å². The predicted molar refractivity (Wildman–Crippen MR) is 54.3 cm³/mol. The van der Waals surface area contributed by atoms with E-state index >= 15 is 0 Å². The molecule has 0 bridgehead atoms. The van der Waals surface area contributed by atoms with Crippen molar-refractivity contribution in [2.75, 3.05) is 0 Å². The average Bonchev–Trinajstić information content (AvgIpc) is 2.19. The normalized spacial score (nSPS) is 12.9. The van der Waals surface area contributed by atoms with Gasteiger partial charge in [0.1, 0.15) is 5.82 Å². The van der Waals surface area contributed by atoms with Crippen molar-refractivity contribution in [3.63, 3.8) is 0 Å². The molecule has 0 spiro atoms. The molecule has 2 nitrogen and oxygen atoms in total. The van der Waals surface area contributed by atoms with Crippen molar-refractivity contribution >= 4 is 0 Å². The zero-order chi connectivity index (χ0) is 10.7. The molecule has 0 fully saturated rings. The van der Waals surface area contributed by atoms with Gasteiger partial charge in [0.05, 0.1) is 6.61 Å². The Morgan fingerprint density at radius 3 is 2.64 bits per heavy atom. The number of hydrogen-bond acceptors (Lipinski definition) is 2. The molecule has 1 aromatic carbocycles. The summed E-state index contributed by atoms with van der Waals surface area (Å²) in [6, 6.07) is 2.82. The van der Waals surface area contributed by atoms with E-state index in [1.165, 1.54) is 6.07 Å². The number of aliphatic hydroxyl groups excluding tert-OH is 1. The summed E-state index contributed by atoms with van der Waals surface area (Å²) in [5.74, 6) is -0.325. The summed E-state index contributed by atoms with van der Waals surface area (Å²) >= 11 is 0. The van der Waals surface area contributed by atoms with Gasteiger partial charge in [-0.1, -0.05) is 13.0 Å². The van der Waals surface area contributed by atoms with Crippen molar-refractivity contribution in [2.45, 2.75) is 32.9 Å². The molecule has 78 valence electrons. The van der Waals surface area contributed by atoms with Crippen molar-refractivity contribution < 1.29 is 9.50 Å². The molecule has 1 aromatic rings. The van der Waals surface area contributed by atoms with Gasteiger partial charge in [0.2, 0.25) is 0 Å². The van der Waals surface area contributed by atoms with Crippen LogP contribution < -0.4 is 5.73 Å². The molecule has 14 heavy (non-hydrogen) atoms. The summed E-state index contributed by atoms with van der Waals surface area (Å²) in [6.07, 6.45) is 0.703. The van der Waals surface area contributed by atoms with Gasteiger partial charge in [-0.25, -0.2) is 4.39 Å². The molecule has 1 atom stereocenters. The van der Waals surface area contributed by atoms with Gasteiger partial charge in [0.25, 0.3) is 0 Å². The molecule has 0 aliphatic heterocycles. The summed E-state index contributed by atoms with van der Waals surface area (Å²) in [4.78, 5) is 0. The molecule has 0 saturated heterocycles. The Bertz CT molecular complexity index is 325. The highest BCUT2D eigenvalue weighted by atomic mass is 19.1. The van der Waals surface area contributed by atoms with Crippen LogP contribution in [0.1, 0.15) is 36.1 Å². The molecule has 3 heteroatoms. The molecule has 3 N–H and O–H groups in total.